The Morgan fingerprint density at radius 3 is 2.00 bits per heavy atom. The first-order valence-electron chi connectivity index (χ1n) is 4.85. The molecule has 0 heterocycles. The zero-order chi connectivity index (χ0) is 11.9. The predicted octanol–water partition coefficient (Wildman–Crippen LogP) is -0.635. The Morgan fingerprint density at radius 2 is 1.47 bits per heavy atom. The zero-order valence-corrected chi connectivity index (χ0v) is 14.0. The fraction of sp³-hybridized carbons (Fsp3) is 0.167. The second kappa shape index (κ2) is 5.48. The topological polar surface area (TPSA) is 57.2 Å². The van der Waals surface area contributed by atoms with Gasteiger partial charge < -0.3 is 4.55 Å². The molecule has 0 aliphatic carbocycles. The first kappa shape index (κ1) is 15.3. The molecule has 0 bridgehead atoms. The molecule has 0 aliphatic rings. The second-order valence-electron chi connectivity index (χ2n) is 3.90. The van der Waals surface area contributed by atoms with E-state index in [4.69, 9.17) is 0 Å². The molecular formula is C12H11KO3S. The standard InChI is InChI=1S/C12H12O3S.K/c1-8-5-10-3-4-12(16(13,14)15)7-11(10)6-9(8)2;/h3-7H,1-2H3,(H,13,14,15);/q;+1/p-1. The zero-order valence-electron chi connectivity index (χ0n) is 10.0. The van der Waals surface area contributed by atoms with Crippen LogP contribution in [0.3, 0.4) is 0 Å². The van der Waals surface area contributed by atoms with E-state index >= 15 is 0 Å². The molecule has 2 rings (SSSR count). The van der Waals surface area contributed by atoms with Crippen LogP contribution < -0.4 is 51.4 Å². The number of fused-ring (bicyclic) bond motifs is 1. The number of hydrogen-bond donors (Lipinski definition) is 0. The summed E-state index contributed by atoms with van der Waals surface area (Å²) in [4.78, 5) is -0.178. The molecule has 17 heavy (non-hydrogen) atoms. The molecule has 0 atom stereocenters. The van der Waals surface area contributed by atoms with Crippen LogP contribution in [0.15, 0.2) is 35.2 Å². The maximum Gasteiger partial charge on any atom is 1.00 e. The van der Waals surface area contributed by atoms with Crippen LogP contribution in [-0.4, -0.2) is 13.0 Å². The average molecular weight is 274 g/mol. The number of benzene rings is 2. The first-order valence-corrected chi connectivity index (χ1v) is 6.26. The molecular weight excluding hydrogens is 263 g/mol. The smallest absolute Gasteiger partial charge is 0.744 e. The van der Waals surface area contributed by atoms with Crippen molar-refractivity contribution >= 4 is 20.9 Å². The Hall–Kier alpha value is 0.246. The number of aryl methyl sites for hydroxylation is 2. The van der Waals surface area contributed by atoms with E-state index in [0.717, 1.165) is 21.9 Å². The van der Waals surface area contributed by atoms with Crippen molar-refractivity contribution in [1.82, 2.24) is 0 Å². The minimum absolute atomic E-state index is 0. The molecule has 0 radical (unpaired) electrons. The molecule has 0 spiro atoms. The molecule has 5 heteroatoms. The van der Waals surface area contributed by atoms with Gasteiger partial charge in [-0.3, -0.25) is 0 Å². The second-order valence-corrected chi connectivity index (χ2v) is 5.28. The summed E-state index contributed by atoms with van der Waals surface area (Å²) in [5.41, 5.74) is 2.22. The molecule has 0 fully saturated rings. The van der Waals surface area contributed by atoms with Crippen LogP contribution in [-0.2, 0) is 10.1 Å². The Morgan fingerprint density at radius 1 is 0.941 bits per heavy atom. The van der Waals surface area contributed by atoms with E-state index in [9.17, 15) is 13.0 Å². The average Bonchev–Trinajstić information content (AvgIpc) is 2.17. The third-order valence-corrected chi connectivity index (χ3v) is 3.54. The molecule has 2 aromatic rings. The van der Waals surface area contributed by atoms with Crippen LogP contribution in [0.2, 0.25) is 0 Å². The van der Waals surface area contributed by atoms with Gasteiger partial charge in [0.1, 0.15) is 10.1 Å². The third kappa shape index (κ3) is 3.38. The fourth-order valence-corrected chi connectivity index (χ4v) is 2.16. The van der Waals surface area contributed by atoms with E-state index in [-0.39, 0.29) is 56.3 Å². The molecule has 84 valence electrons. The van der Waals surface area contributed by atoms with Gasteiger partial charge in [-0.15, -0.1) is 0 Å². The summed E-state index contributed by atoms with van der Waals surface area (Å²) in [7, 11) is -4.37. The van der Waals surface area contributed by atoms with Crippen molar-refractivity contribution in [2.45, 2.75) is 18.7 Å². The van der Waals surface area contributed by atoms with Crippen molar-refractivity contribution in [3.05, 3.63) is 41.5 Å². The Bertz CT molecular complexity index is 663. The minimum atomic E-state index is -4.37. The van der Waals surface area contributed by atoms with Crippen molar-refractivity contribution in [3.63, 3.8) is 0 Å². The van der Waals surface area contributed by atoms with Crippen molar-refractivity contribution in [2.75, 3.05) is 0 Å². The quantitative estimate of drug-likeness (QED) is 0.514. The Labute approximate surface area is 143 Å². The molecule has 0 aromatic heterocycles. The van der Waals surface area contributed by atoms with E-state index in [1.165, 1.54) is 12.1 Å². The van der Waals surface area contributed by atoms with Crippen LogP contribution in [0.5, 0.6) is 0 Å². The summed E-state index contributed by atoms with van der Waals surface area (Å²) >= 11 is 0. The van der Waals surface area contributed by atoms with E-state index in [0.29, 0.717) is 0 Å². The SMILES string of the molecule is Cc1cc2ccc(S(=O)(=O)[O-])cc2cc1C.[K+]. The summed E-state index contributed by atoms with van der Waals surface area (Å²) in [6.07, 6.45) is 0. The van der Waals surface area contributed by atoms with Gasteiger partial charge in [0, 0.05) is 0 Å². The van der Waals surface area contributed by atoms with Crippen LogP contribution in [0.1, 0.15) is 11.1 Å². The molecule has 0 N–H and O–H groups in total. The Balaban J connectivity index is 0.00000144. The van der Waals surface area contributed by atoms with Crippen molar-refractivity contribution in [2.24, 2.45) is 0 Å². The van der Waals surface area contributed by atoms with Gasteiger partial charge in [-0.1, -0.05) is 18.2 Å². The van der Waals surface area contributed by atoms with Gasteiger partial charge in [0.05, 0.1) is 4.90 Å². The molecule has 2 aromatic carbocycles. The summed E-state index contributed by atoms with van der Waals surface area (Å²) in [6.45, 7) is 3.94. The normalized spacial score (nSPS) is 11.2. The van der Waals surface area contributed by atoms with Gasteiger partial charge in [0.25, 0.3) is 0 Å². The van der Waals surface area contributed by atoms with E-state index in [1.807, 2.05) is 26.0 Å². The van der Waals surface area contributed by atoms with Gasteiger partial charge in [-0.05, 0) is 47.9 Å². The molecule has 0 amide bonds. The molecule has 0 unspecified atom stereocenters. The third-order valence-electron chi connectivity index (χ3n) is 2.71. The van der Waals surface area contributed by atoms with Crippen LogP contribution >= 0.6 is 0 Å². The van der Waals surface area contributed by atoms with Gasteiger partial charge >= 0.3 is 51.4 Å². The largest absolute Gasteiger partial charge is 1.00 e. The van der Waals surface area contributed by atoms with E-state index < -0.39 is 10.1 Å². The van der Waals surface area contributed by atoms with Crippen molar-refractivity contribution in [3.8, 4) is 0 Å². The van der Waals surface area contributed by atoms with Gasteiger partial charge in [-0.2, -0.15) is 0 Å². The van der Waals surface area contributed by atoms with Crippen LogP contribution in [0.25, 0.3) is 10.8 Å². The van der Waals surface area contributed by atoms with Crippen LogP contribution in [0.4, 0.5) is 0 Å². The van der Waals surface area contributed by atoms with Crippen molar-refractivity contribution in [1.29, 1.82) is 0 Å². The minimum Gasteiger partial charge on any atom is -0.744 e. The van der Waals surface area contributed by atoms with Crippen LogP contribution in [0, 0.1) is 13.8 Å². The Kier molecular flexibility index (Phi) is 4.94. The fourth-order valence-electron chi connectivity index (χ4n) is 1.66. The maximum atomic E-state index is 10.9. The van der Waals surface area contributed by atoms with E-state index in [2.05, 4.69) is 0 Å². The number of rotatable bonds is 1. The van der Waals surface area contributed by atoms with Crippen molar-refractivity contribution < 1.29 is 64.4 Å². The predicted molar refractivity (Wildman–Crippen MR) is 61.4 cm³/mol. The molecule has 0 saturated heterocycles. The van der Waals surface area contributed by atoms with Gasteiger partial charge in [0.2, 0.25) is 0 Å². The summed E-state index contributed by atoms with van der Waals surface area (Å²) < 4.78 is 32.6. The molecule has 0 saturated carbocycles. The summed E-state index contributed by atoms with van der Waals surface area (Å²) in [5, 5.41) is 1.72. The monoisotopic (exact) mass is 274 g/mol. The number of hydrogen-bond acceptors (Lipinski definition) is 3. The van der Waals surface area contributed by atoms with Gasteiger partial charge in [0.15, 0.2) is 0 Å². The molecule has 0 aliphatic heterocycles. The van der Waals surface area contributed by atoms with Gasteiger partial charge in [-0.25, -0.2) is 8.42 Å². The summed E-state index contributed by atoms with van der Waals surface area (Å²) in [6, 6.07) is 8.29. The first-order chi connectivity index (χ1) is 7.38. The molecule has 3 nitrogen and oxygen atoms in total. The maximum absolute atomic E-state index is 10.9. The summed E-state index contributed by atoms with van der Waals surface area (Å²) in [5.74, 6) is 0. The van der Waals surface area contributed by atoms with E-state index in [1.54, 1.807) is 6.07 Å².